The second-order valence-electron chi connectivity index (χ2n) is 7.64. The predicted octanol–water partition coefficient (Wildman–Crippen LogP) is 4.13. The molecule has 2 aromatic rings. The minimum atomic E-state index is -0.395. The molecule has 4 heteroatoms. The summed E-state index contributed by atoms with van der Waals surface area (Å²) < 4.78 is 11.9. The predicted molar refractivity (Wildman–Crippen MR) is 105 cm³/mol. The maximum absolute atomic E-state index is 12.5. The van der Waals surface area contributed by atoms with Crippen molar-refractivity contribution >= 4 is 5.91 Å². The molecule has 4 nitrogen and oxygen atoms in total. The SMILES string of the molecule is CO[C@@H]1O[C@@H]2C[C@H](c3ccccc3)CC[C@H]2C[C@@H]1NC(=O)c1ccccc1. The molecule has 1 aliphatic heterocycles. The van der Waals surface area contributed by atoms with E-state index in [1.165, 1.54) is 12.0 Å². The van der Waals surface area contributed by atoms with Crippen LogP contribution in [0.4, 0.5) is 0 Å². The first-order chi connectivity index (χ1) is 13.2. The number of methoxy groups -OCH3 is 1. The van der Waals surface area contributed by atoms with Crippen LogP contribution < -0.4 is 5.32 Å². The lowest BCUT2D eigenvalue weighted by molar-refractivity contribution is -0.218. The van der Waals surface area contributed by atoms with Gasteiger partial charge in [-0.25, -0.2) is 0 Å². The highest BCUT2D eigenvalue weighted by atomic mass is 16.7. The molecule has 1 heterocycles. The molecule has 27 heavy (non-hydrogen) atoms. The smallest absolute Gasteiger partial charge is 0.251 e. The number of carbonyl (C=O) groups excluding carboxylic acids is 1. The van der Waals surface area contributed by atoms with E-state index >= 15 is 0 Å². The number of ether oxygens (including phenoxy) is 2. The molecule has 2 fully saturated rings. The summed E-state index contributed by atoms with van der Waals surface area (Å²) in [7, 11) is 1.66. The first-order valence-corrected chi connectivity index (χ1v) is 9.83. The zero-order valence-corrected chi connectivity index (χ0v) is 15.7. The number of carbonyl (C=O) groups is 1. The van der Waals surface area contributed by atoms with Gasteiger partial charge in [0, 0.05) is 12.7 Å². The van der Waals surface area contributed by atoms with E-state index in [0.29, 0.717) is 17.4 Å². The van der Waals surface area contributed by atoms with Crippen molar-refractivity contribution < 1.29 is 14.3 Å². The van der Waals surface area contributed by atoms with Gasteiger partial charge < -0.3 is 14.8 Å². The fourth-order valence-corrected chi connectivity index (χ4v) is 4.55. The van der Waals surface area contributed by atoms with Crippen LogP contribution in [0.3, 0.4) is 0 Å². The Bertz CT molecular complexity index is 749. The number of hydrogen-bond acceptors (Lipinski definition) is 3. The summed E-state index contributed by atoms with van der Waals surface area (Å²) in [5.74, 6) is 0.945. The standard InChI is InChI=1S/C23H27NO3/c1-26-23-20(24-22(25)17-10-6-3-7-11-17)14-19-13-12-18(15-21(19)27-23)16-8-4-2-5-9-16/h2-11,18-21,23H,12-15H2,1H3,(H,24,25)/t18-,19+,20+,21-,23-/m1/s1. The van der Waals surface area contributed by atoms with E-state index in [9.17, 15) is 4.79 Å². The molecule has 0 spiro atoms. The van der Waals surface area contributed by atoms with Gasteiger partial charge in [-0.15, -0.1) is 0 Å². The molecule has 2 aromatic carbocycles. The van der Waals surface area contributed by atoms with Gasteiger partial charge in [0.15, 0.2) is 6.29 Å². The lowest BCUT2D eigenvalue weighted by atomic mass is 9.73. The Hall–Kier alpha value is -2.17. The number of amides is 1. The van der Waals surface area contributed by atoms with Crippen molar-refractivity contribution in [3.8, 4) is 0 Å². The molecule has 1 amide bonds. The Morgan fingerprint density at radius 3 is 2.41 bits per heavy atom. The van der Waals surface area contributed by atoms with Gasteiger partial charge in [-0.1, -0.05) is 48.5 Å². The van der Waals surface area contributed by atoms with Gasteiger partial charge in [0.25, 0.3) is 5.91 Å². The molecule has 1 N–H and O–H groups in total. The zero-order chi connectivity index (χ0) is 18.6. The van der Waals surface area contributed by atoms with E-state index in [2.05, 4.69) is 35.6 Å². The Kier molecular flexibility index (Phi) is 5.55. The number of hydrogen-bond donors (Lipinski definition) is 1. The van der Waals surface area contributed by atoms with Crippen LogP contribution in [0.5, 0.6) is 0 Å². The topological polar surface area (TPSA) is 47.6 Å². The van der Waals surface area contributed by atoms with E-state index in [4.69, 9.17) is 9.47 Å². The second-order valence-corrected chi connectivity index (χ2v) is 7.64. The molecule has 1 aliphatic carbocycles. The van der Waals surface area contributed by atoms with Gasteiger partial charge >= 0.3 is 0 Å². The highest BCUT2D eigenvalue weighted by molar-refractivity contribution is 5.94. The molecule has 0 unspecified atom stereocenters. The van der Waals surface area contributed by atoms with Crippen molar-refractivity contribution in [2.24, 2.45) is 5.92 Å². The summed E-state index contributed by atoms with van der Waals surface area (Å²) in [6, 6.07) is 19.9. The summed E-state index contributed by atoms with van der Waals surface area (Å²) in [5, 5.41) is 3.12. The maximum Gasteiger partial charge on any atom is 0.251 e. The summed E-state index contributed by atoms with van der Waals surface area (Å²) in [6.45, 7) is 0. The van der Waals surface area contributed by atoms with Crippen molar-refractivity contribution in [3.05, 3.63) is 71.8 Å². The van der Waals surface area contributed by atoms with Gasteiger partial charge in [-0.2, -0.15) is 0 Å². The molecule has 5 atom stereocenters. The fraction of sp³-hybridized carbons (Fsp3) is 0.435. The summed E-state index contributed by atoms with van der Waals surface area (Å²) >= 11 is 0. The lowest BCUT2D eigenvalue weighted by Crippen LogP contribution is -2.54. The monoisotopic (exact) mass is 365 g/mol. The molecule has 2 aliphatic rings. The first-order valence-electron chi connectivity index (χ1n) is 9.83. The van der Waals surface area contributed by atoms with Crippen molar-refractivity contribution in [2.45, 2.75) is 50.0 Å². The Morgan fingerprint density at radius 2 is 1.70 bits per heavy atom. The Labute approximate surface area is 160 Å². The third-order valence-corrected chi connectivity index (χ3v) is 5.98. The van der Waals surface area contributed by atoms with E-state index < -0.39 is 6.29 Å². The van der Waals surface area contributed by atoms with Gasteiger partial charge in [0.1, 0.15) is 0 Å². The van der Waals surface area contributed by atoms with Crippen LogP contribution in [0.1, 0.15) is 47.5 Å². The summed E-state index contributed by atoms with van der Waals surface area (Å²) in [5.41, 5.74) is 2.07. The van der Waals surface area contributed by atoms with Crippen molar-refractivity contribution in [1.29, 1.82) is 0 Å². The average Bonchev–Trinajstić information content (AvgIpc) is 2.74. The minimum Gasteiger partial charge on any atom is -0.354 e. The highest BCUT2D eigenvalue weighted by Gasteiger charge is 2.42. The van der Waals surface area contributed by atoms with Crippen LogP contribution in [-0.4, -0.2) is 31.5 Å². The van der Waals surface area contributed by atoms with Gasteiger partial charge in [-0.3, -0.25) is 4.79 Å². The molecule has 1 saturated heterocycles. The summed E-state index contributed by atoms with van der Waals surface area (Å²) in [6.07, 6.45) is 4.02. The van der Waals surface area contributed by atoms with Crippen molar-refractivity contribution in [3.63, 3.8) is 0 Å². The Morgan fingerprint density at radius 1 is 1.00 bits per heavy atom. The average molecular weight is 365 g/mol. The van der Waals surface area contributed by atoms with Crippen molar-refractivity contribution in [1.82, 2.24) is 5.32 Å². The van der Waals surface area contributed by atoms with Crippen LogP contribution in [0.15, 0.2) is 60.7 Å². The number of fused-ring (bicyclic) bond motifs is 1. The first kappa shape index (κ1) is 18.2. The number of rotatable bonds is 4. The van der Waals surface area contributed by atoms with Crippen LogP contribution in [0.2, 0.25) is 0 Å². The molecule has 0 radical (unpaired) electrons. The molecule has 142 valence electrons. The molecular weight excluding hydrogens is 338 g/mol. The quantitative estimate of drug-likeness (QED) is 0.886. The van der Waals surface area contributed by atoms with Gasteiger partial charge in [-0.05, 0) is 55.2 Å². The zero-order valence-electron chi connectivity index (χ0n) is 15.7. The van der Waals surface area contributed by atoms with Gasteiger partial charge in [0.05, 0.1) is 12.1 Å². The van der Waals surface area contributed by atoms with Crippen LogP contribution in [0, 0.1) is 5.92 Å². The van der Waals surface area contributed by atoms with Crippen LogP contribution in [0.25, 0.3) is 0 Å². The molecule has 0 bridgehead atoms. The van der Waals surface area contributed by atoms with E-state index in [1.807, 2.05) is 30.3 Å². The third-order valence-electron chi connectivity index (χ3n) is 5.98. The van der Waals surface area contributed by atoms with Crippen LogP contribution >= 0.6 is 0 Å². The number of benzene rings is 2. The molecular formula is C23H27NO3. The fourth-order valence-electron chi connectivity index (χ4n) is 4.55. The second kappa shape index (κ2) is 8.24. The normalized spacial score (nSPS) is 30.3. The van der Waals surface area contributed by atoms with Gasteiger partial charge in [0.2, 0.25) is 0 Å². The van der Waals surface area contributed by atoms with E-state index in [0.717, 1.165) is 19.3 Å². The molecule has 1 saturated carbocycles. The van der Waals surface area contributed by atoms with E-state index in [1.54, 1.807) is 7.11 Å². The van der Waals surface area contributed by atoms with Crippen LogP contribution in [-0.2, 0) is 9.47 Å². The highest BCUT2D eigenvalue weighted by Crippen LogP contribution is 2.42. The summed E-state index contributed by atoms with van der Waals surface area (Å²) in [4.78, 5) is 12.5. The maximum atomic E-state index is 12.5. The lowest BCUT2D eigenvalue weighted by Gasteiger charge is -2.45. The largest absolute Gasteiger partial charge is 0.354 e. The van der Waals surface area contributed by atoms with Crippen molar-refractivity contribution in [2.75, 3.05) is 7.11 Å². The third kappa shape index (κ3) is 4.07. The molecule has 0 aromatic heterocycles. The molecule has 4 rings (SSSR count). The Balaban J connectivity index is 1.42. The minimum absolute atomic E-state index is 0.0670. The van der Waals surface area contributed by atoms with E-state index in [-0.39, 0.29) is 18.1 Å². The number of nitrogens with one attached hydrogen (secondary N) is 1.